The second-order valence-electron chi connectivity index (χ2n) is 3.91. The third-order valence-electron chi connectivity index (χ3n) is 2.53. The van der Waals surface area contributed by atoms with Gasteiger partial charge in [0.1, 0.15) is 12.4 Å². The summed E-state index contributed by atoms with van der Waals surface area (Å²) in [5.74, 6) is 0.629. The molecule has 0 aliphatic rings. The summed E-state index contributed by atoms with van der Waals surface area (Å²) >= 11 is 0. The number of para-hydroxylation sites is 1. The SMILES string of the molecule is O=[N+]([O-])C=Cc1ccccc1OCc1ccccc1. The van der Waals surface area contributed by atoms with Crippen LogP contribution in [-0.4, -0.2) is 4.92 Å². The van der Waals surface area contributed by atoms with Crippen LogP contribution in [-0.2, 0) is 6.61 Å². The molecule has 0 saturated carbocycles. The van der Waals surface area contributed by atoms with E-state index in [2.05, 4.69) is 0 Å². The molecule has 2 aromatic rings. The van der Waals surface area contributed by atoms with Crippen LogP contribution in [0.2, 0.25) is 0 Å². The van der Waals surface area contributed by atoms with Crippen LogP contribution in [0.5, 0.6) is 5.75 Å². The molecule has 4 heteroatoms. The first-order valence-corrected chi connectivity index (χ1v) is 5.83. The predicted octanol–water partition coefficient (Wildman–Crippen LogP) is 3.51. The smallest absolute Gasteiger partial charge is 0.235 e. The highest BCUT2D eigenvalue weighted by atomic mass is 16.6. The molecular weight excluding hydrogens is 242 g/mol. The lowest BCUT2D eigenvalue weighted by atomic mass is 10.2. The zero-order valence-corrected chi connectivity index (χ0v) is 10.2. The third-order valence-corrected chi connectivity index (χ3v) is 2.53. The van der Waals surface area contributed by atoms with Gasteiger partial charge in [0.25, 0.3) is 0 Å². The Balaban J connectivity index is 2.10. The first kappa shape index (κ1) is 12.8. The monoisotopic (exact) mass is 255 g/mol. The van der Waals surface area contributed by atoms with Crippen molar-refractivity contribution in [2.45, 2.75) is 6.61 Å². The molecule has 0 aromatic heterocycles. The summed E-state index contributed by atoms with van der Waals surface area (Å²) in [7, 11) is 0. The van der Waals surface area contributed by atoms with E-state index in [-0.39, 0.29) is 0 Å². The average Bonchev–Trinajstić information content (AvgIpc) is 2.45. The van der Waals surface area contributed by atoms with Crippen molar-refractivity contribution >= 4 is 6.08 Å². The van der Waals surface area contributed by atoms with E-state index in [4.69, 9.17) is 4.74 Å². The van der Waals surface area contributed by atoms with Gasteiger partial charge in [-0.1, -0.05) is 48.5 Å². The molecule has 0 unspecified atom stereocenters. The molecule has 0 aliphatic heterocycles. The normalized spacial score (nSPS) is 10.5. The van der Waals surface area contributed by atoms with Crippen molar-refractivity contribution in [3.05, 3.63) is 82.0 Å². The molecule has 0 radical (unpaired) electrons. The fourth-order valence-electron chi connectivity index (χ4n) is 1.63. The van der Waals surface area contributed by atoms with Gasteiger partial charge in [-0.15, -0.1) is 0 Å². The Kier molecular flexibility index (Phi) is 4.29. The zero-order valence-electron chi connectivity index (χ0n) is 10.2. The molecule has 0 atom stereocenters. The summed E-state index contributed by atoms with van der Waals surface area (Å²) in [5, 5.41) is 10.3. The van der Waals surface area contributed by atoms with E-state index in [0.29, 0.717) is 17.9 Å². The molecule has 0 fully saturated rings. The van der Waals surface area contributed by atoms with E-state index in [1.165, 1.54) is 6.08 Å². The van der Waals surface area contributed by atoms with E-state index < -0.39 is 4.92 Å². The summed E-state index contributed by atoms with van der Waals surface area (Å²) in [6.45, 7) is 0.435. The predicted molar refractivity (Wildman–Crippen MR) is 73.2 cm³/mol. The minimum absolute atomic E-state index is 0.435. The molecule has 4 nitrogen and oxygen atoms in total. The zero-order chi connectivity index (χ0) is 13.5. The van der Waals surface area contributed by atoms with Crippen molar-refractivity contribution < 1.29 is 9.66 Å². The van der Waals surface area contributed by atoms with E-state index >= 15 is 0 Å². The minimum Gasteiger partial charge on any atom is -0.488 e. The molecule has 0 spiro atoms. The molecular formula is C15H13NO3. The average molecular weight is 255 g/mol. The topological polar surface area (TPSA) is 52.4 Å². The van der Waals surface area contributed by atoms with Crippen LogP contribution in [0.3, 0.4) is 0 Å². The number of hydrogen-bond donors (Lipinski definition) is 0. The van der Waals surface area contributed by atoms with E-state index in [0.717, 1.165) is 11.8 Å². The van der Waals surface area contributed by atoms with Crippen molar-refractivity contribution in [2.75, 3.05) is 0 Å². The number of nitrogens with zero attached hydrogens (tertiary/aromatic N) is 1. The molecule has 0 saturated heterocycles. The maximum absolute atomic E-state index is 10.3. The maximum Gasteiger partial charge on any atom is 0.235 e. The largest absolute Gasteiger partial charge is 0.488 e. The van der Waals surface area contributed by atoms with Crippen LogP contribution in [0.4, 0.5) is 0 Å². The van der Waals surface area contributed by atoms with Crippen LogP contribution in [0.25, 0.3) is 6.08 Å². The van der Waals surface area contributed by atoms with Gasteiger partial charge in [-0.05, 0) is 11.6 Å². The number of hydrogen-bond acceptors (Lipinski definition) is 3. The fraction of sp³-hybridized carbons (Fsp3) is 0.0667. The summed E-state index contributed by atoms with van der Waals surface area (Å²) < 4.78 is 5.68. The van der Waals surface area contributed by atoms with Gasteiger partial charge in [-0.25, -0.2) is 0 Å². The van der Waals surface area contributed by atoms with Gasteiger partial charge in [-0.3, -0.25) is 10.1 Å². The Hall–Kier alpha value is -2.62. The lowest BCUT2D eigenvalue weighted by Crippen LogP contribution is -1.96. The second-order valence-corrected chi connectivity index (χ2v) is 3.91. The van der Waals surface area contributed by atoms with Crippen LogP contribution in [0.15, 0.2) is 60.8 Å². The molecule has 2 aromatic carbocycles. The first-order valence-electron chi connectivity index (χ1n) is 5.83. The third kappa shape index (κ3) is 3.96. The summed E-state index contributed by atoms with van der Waals surface area (Å²) in [6.07, 6.45) is 2.34. The van der Waals surface area contributed by atoms with Gasteiger partial charge in [0.15, 0.2) is 0 Å². The Bertz CT molecular complexity index is 579. The van der Waals surface area contributed by atoms with Crippen LogP contribution >= 0.6 is 0 Å². The Labute approximate surface area is 111 Å². The van der Waals surface area contributed by atoms with Gasteiger partial charge < -0.3 is 4.74 Å². The lowest BCUT2D eigenvalue weighted by molar-refractivity contribution is -0.400. The molecule has 0 aliphatic carbocycles. The number of benzene rings is 2. The Morgan fingerprint density at radius 3 is 2.47 bits per heavy atom. The second kappa shape index (κ2) is 6.35. The fourth-order valence-corrected chi connectivity index (χ4v) is 1.63. The van der Waals surface area contributed by atoms with Crippen molar-refractivity contribution in [1.82, 2.24) is 0 Å². The van der Waals surface area contributed by atoms with Crippen LogP contribution in [0.1, 0.15) is 11.1 Å². The highest BCUT2D eigenvalue weighted by molar-refractivity contribution is 5.56. The Morgan fingerprint density at radius 2 is 1.74 bits per heavy atom. The van der Waals surface area contributed by atoms with Gasteiger partial charge in [0.05, 0.1) is 4.92 Å². The summed E-state index contributed by atoms with van der Waals surface area (Å²) in [6, 6.07) is 17.0. The van der Waals surface area contributed by atoms with Crippen LogP contribution < -0.4 is 4.74 Å². The highest BCUT2D eigenvalue weighted by Gasteiger charge is 2.01. The molecule has 19 heavy (non-hydrogen) atoms. The number of nitro groups is 1. The van der Waals surface area contributed by atoms with Crippen molar-refractivity contribution in [2.24, 2.45) is 0 Å². The van der Waals surface area contributed by atoms with Gasteiger partial charge in [0, 0.05) is 11.6 Å². The number of ether oxygens (including phenoxy) is 1. The highest BCUT2D eigenvalue weighted by Crippen LogP contribution is 2.20. The molecule has 96 valence electrons. The van der Waals surface area contributed by atoms with E-state index in [9.17, 15) is 10.1 Å². The van der Waals surface area contributed by atoms with Crippen LogP contribution in [0, 0.1) is 10.1 Å². The first-order chi connectivity index (χ1) is 9.25. The van der Waals surface area contributed by atoms with Crippen molar-refractivity contribution in [1.29, 1.82) is 0 Å². The van der Waals surface area contributed by atoms with Gasteiger partial charge in [-0.2, -0.15) is 0 Å². The summed E-state index contributed by atoms with van der Waals surface area (Å²) in [4.78, 5) is 9.85. The van der Waals surface area contributed by atoms with Crippen molar-refractivity contribution in [3.8, 4) is 5.75 Å². The van der Waals surface area contributed by atoms with Crippen molar-refractivity contribution in [3.63, 3.8) is 0 Å². The number of rotatable bonds is 5. The quantitative estimate of drug-likeness (QED) is 0.606. The molecule has 0 bridgehead atoms. The maximum atomic E-state index is 10.3. The van der Waals surface area contributed by atoms with Gasteiger partial charge in [0.2, 0.25) is 6.20 Å². The summed E-state index contributed by atoms with van der Waals surface area (Å²) in [5.41, 5.74) is 1.74. The van der Waals surface area contributed by atoms with E-state index in [1.807, 2.05) is 42.5 Å². The lowest BCUT2D eigenvalue weighted by Gasteiger charge is -2.08. The van der Waals surface area contributed by atoms with E-state index in [1.54, 1.807) is 12.1 Å². The molecule has 0 N–H and O–H groups in total. The minimum atomic E-state index is -0.492. The molecule has 2 rings (SSSR count). The Morgan fingerprint density at radius 1 is 1.05 bits per heavy atom. The standard InChI is InChI=1S/C15H13NO3/c17-16(18)11-10-14-8-4-5-9-15(14)19-12-13-6-2-1-3-7-13/h1-11H,12H2. The molecule has 0 heterocycles. The van der Waals surface area contributed by atoms with Gasteiger partial charge >= 0.3 is 0 Å². The molecule has 0 amide bonds.